The van der Waals surface area contributed by atoms with Gasteiger partial charge in [-0.15, -0.1) is 0 Å². The highest BCUT2D eigenvalue weighted by Gasteiger charge is 2.16. The van der Waals surface area contributed by atoms with Crippen LogP contribution in [-0.4, -0.2) is 12.1 Å². The summed E-state index contributed by atoms with van der Waals surface area (Å²) in [6.07, 6.45) is 5.54. The molecule has 3 aromatic rings. The van der Waals surface area contributed by atoms with Crippen molar-refractivity contribution in [2.75, 3.05) is 12.1 Å². The van der Waals surface area contributed by atoms with E-state index >= 15 is 0 Å². The van der Waals surface area contributed by atoms with Crippen molar-refractivity contribution in [1.82, 2.24) is 10.6 Å². The lowest BCUT2D eigenvalue weighted by Gasteiger charge is -2.13. The molecule has 0 fully saturated rings. The van der Waals surface area contributed by atoms with Crippen molar-refractivity contribution in [3.8, 4) is 16.9 Å². The molecule has 124 valence electrons. The molecule has 5 heteroatoms. The van der Waals surface area contributed by atoms with E-state index in [9.17, 15) is 0 Å². The highest BCUT2D eigenvalue weighted by Crippen LogP contribution is 2.27. The third kappa shape index (κ3) is 3.18. The first-order valence-electron chi connectivity index (χ1n) is 7.92. The van der Waals surface area contributed by atoms with Crippen molar-refractivity contribution in [3.05, 3.63) is 84.8 Å². The van der Waals surface area contributed by atoms with E-state index in [2.05, 4.69) is 22.7 Å². The first-order valence-corrected chi connectivity index (χ1v) is 7.92. The number of ether oxygens (including phenoxy) is 1. The minimum absolute atomic E-state index is 0.758. The zero-order valence-electron chi connectivity index (χ0n) is 13.7. The molecule has 2 heterocycles. The second kappa shape index (κ2) is 6.67. The zero-order chi connectivity index (χ0) is 17.1. The van der Waals surface area contributed by atoms with Crippen LogP contribution < -0.4 is 15.3 Å². The maximum atomic E-state index is 5.60. The van der Waals surface area contributed by atoms with Gasteiger partial charge in [0, 0.05) is 18.0 Å². The van der Waals surface area contributed by atoms with E-state index < -0.39 is 0 Å². The number of rotatable bonds is 4. The Morgan fingerprint density at radius 2 is 1.68 bits per heavy atom. The summed E-state index contributed by atoms with van der Waals surface area (Å²) >= 11 is 0. The molecule has 0 bridgehead atoms. The average molecular weight is 331 g/mol. The van der Waals surface area contributed by atoms with Gasteiger partial charge >= 0.3 is 0 Å². The number of aromatic nitrogens is 1. The summed E-state index contributed by atoms with van der Waals surface area (Å²) in [5.74, 6) is 1.58. The molecule has 0 radical (unpaired) electrons. The lowest BCUT2D eigenvalue weighted by Crippen LogP contribution is -2.26. The molecular formula is C20H17N3O2. The second-order valence-electron chi connectivity index (χ2n) is 5.57. The van der Waals surface area contributed by atoms with Gasteiger partial charge in [0.05, 0.1) is 19.0 Å². The van der Waals surface area contributed by atoms with Crippen LogP contribution in [0.4, 0.5) is 5.69 Å². The van der Waals surface area contributed by atoms with Gasteiger partial charge in [-0.1, -0.05) is 35.9 Å². The molecule has 5 nitrogen and oxygen atoms in total. The summed E-state index contributed by atoms with van der Waals surface area (Å²) in [4.78, 5) is 9.76. The van der Waals surface area contributed by atoms with E-state index in [0.29, 0.717) is 0 Å². The molecule has 0 saturated heterocycles. The largest absolute Gasteiger partial charge is 0.497 e. The number of pyridine rings is 1. The van der Waals surface area contributed by atoms with Gasteiger partial charge in [0.25, 0.3) is 0 Å². The number of hydrazine groups is 1. The van der Waals surface area contributed by atoms with Gasteiger partial charge in [-0.3, -0.25) is 4.98 Å². The fourth-order valence-corrected chi connectivity index (χ4v) is 2.63. The van der Waals surface area contributed by atoms with Gasteiger partial charge in [0.2, 0.25) is 0 Å². The molecule has 1 N–H and O–H groups in total. The number of anilines is 1. The molecule has 0 amide bonds. The highest BCUT2D eigenvalue weighted by molar-refractivity contribution is 5.70. The predicted octanol–water partition coefficient (Wildman–Crippen LogP) is 4.01. The number of methoxy groups -OCH3 is 1. The molecule has 0 spiro atoms. The van der Waals surface area contributed by atoms with Crippen LogP contribution >= 0.6 is 0 Å². The maximum absolute atomic E-state index is 5.60. The van der Waals surface area contributed by atoms with Gasteiger partial charge in [0.1, 0.15) is 5.75 Å². The zero-order valence-corrected chi connectivity index (χ0v) is 13.7. The first-order chi connectivity index (χ1) is 12.3. The van der Waals surface area contributed by atoms with Gasteiger partial charge in [-0.25, -0.2) is 5.01 Å². The molecule has 0 atom stereocenters. The molecule has 1 aromatic heterocycles. The minimum Gasteiger partial charge on any atom is -0.497 e. The van der Waals surface area contributed by atoms with Crippen molar-refractivity contribution < 1.29 is 9.57 Å². The van der Waals surface area contributed by atoms with Crippen LogP contribution in [0.25, 0.3) is 16.9 Å². The van der Waals surface area contributed by atoms with Gasteiger partial charge < -0.3 is 9.57 Å². The molecule has 1 aliphatic heterocycles. The Morgan fingerprint density at radius 1 is 0.920 bits per heavy atom. The molecule has 1 aliphatic rings. The van der Waals surface area contributed by atoms with Gasteiger partial charge in [-0.2, -0.15) is 0 Å². The van der Waals surface area contributed by atoms with E-state index in [1.54, 1.807) is 13.3 Å². The van der Waals surface area contributed by atoms with Gasteiger partial charge in [0.15, 0.2) is 5.76 Å². The Morgan fingerprint density at radius 3 is 2.36 bits per heavy atom. The Bertz CT molecular complexity index is 875. The molecule has 2 aromatic carbocycles. The van der Waals surface area contributed by atoms with Crippen LogP contribution in [0.2, 0.25) is 0 Å². The highest BCUT2D eigenvalue weighted by atomic mass is 16.7. The third-order valence-electron chi connectivity index (χ3n) is 4.02. The van der Waals surface area contributed by atoms with Crippen LogP contribution in [-0.2, 0) is 4.84 Å². The Kier molecular flexibility index (Phi) is 4.06. The first kappa shape index (κ1) is 15.2. The molecule has 0 aliphatic carbocycles. The molecule has 25 heavy (non-hydrogen) atoms. The van der Waals surface area contributed by atoms with Crippen LogP contribution in [0.3, 0.4) is 0 Å². The average Bonchev–Trinajstić information content (AvgIpc) is 3.19. The normalized spacial score (nSPS) is 13.3. The molecule has 0 saturated carbocycles. The topological polar surface area (TPSA) is 46.6 Å². The van der Waals surface area contributed by atoms with Crippen molar-refractivity contribution >= 4 is 11.4 Å². The summed E-state index contributed by atoms with van der Waals surface area (Å²) in [6, 6.07) is 19.9. The maximum Gasteiger partial charge on any atom is 0.174 e. The lowest BCUT2D eigenvalue weighted by atomic mass is 10.1. The van der Waals surface area contributed by atoms with Crippen molar-refractivity contribution in [1.29, 1.82) is 0 Å². The van der Waals surface area contributed by atoms with Crippen molar-refractivity contribution in [2.45, 2.75) is 0 Å². The fraction of sp³-hybridized carbons (Fsp3) is 0.0500. The summed E-state index contributed by atoms with van der Waals surface area (Å²) < 4.78 is 5.18. The van der Waals surface area contributed by atoms with E-state index in [-0.39, 0.29) is 0 Å². The van der Waals surface area contributed by atoms with Crippen LogP contribution in [0, 0.1) is 0 Å². The fourth-order valence-electron chi connectivity index (χ4n) is 2.63. The molecular weight excluding hydrogens is 314 g/mol. The number of benzene rings is 2. The minimum atomic E-state index is 0.758. The smallest absolute Gasteiger partial charge is 0.174 e. The van der Waals surface area contributed by atoms with E-state index in [0.717, 1.165) is 33.9 Å². The van der Waals surface area contributed by atoms with E-state index in [1.165, 1.54) is 0 Å². The standard InChI is InChI=1S/C20H17N3O2/c1-24-19-10-8-18(9-11-19)23-14-20(25-22-23)16-6-4-15(5-7-16)17-3-2-12-21-13-17/h2-14,22H,1H3. The number of nitrogens with zero attached hydrogens (tertiary/aromatic N) is 2. The van der Waals surface area contributed by atoms with Crippen LogP contribution in [0.15, 0.2) is 79.3 Å². The Hall–Kier alpha value is -3.31. The molecule has 0 unspecified atom stereocenters. The monoisotopic (exact) mass is 331 g/mol. The van der Waals surface area contributed by atoms with Crippen LogP contribution in [0.1, 0.15) is 5.56 Å². The quantitative estimate of drug-likeness (QED) is 0.782. The summed E-state index contributed by atoms with van der Waals surface area (Å²) in [7, 11) is 1.65. The van der Waals surface area contributed by atoms with Crippen molar-refractivity contribution in [2.24, 2.45) is 0 Å². The number of hydrogen-bond acceptors (Lipinski definition) is 5. The predicted molar refractivity (Wildman–Crippen MR) is 97.3 cm³/mol. The number of hydrogen-bond donors (Lipinski definition) is 1. The number of nitrogens with one attached hydrogen (secondary N) is 1. The lowest BCUT2D eigenvalue weighted by molar-refractivity contribution is 0.180. The third-order valence-corrected chi connectivity index (χ3v) is 4.02. The summed E-state index contributed by atoms with van der Waals surface area (Å²) in [6.45, 7) is 0. The Labute approximate surface area is 146 Å². The molecule has 4 rings (SSSR count). The van der Waals surface area contributed by atoms with E-state index in [4.69, 9.17) is 9.57 Å². The van der Waals surface area contributed by atoms with Crippen LogP contribution in [0.5, 0.6) is 5.75 Å². The summed E-state index contributed by atoms with van der Waals surface area (Å²) in [5, 5.41) is 1.82. The Balaban J connectivity index is 1.53. The SMILES string of the molecule is COc1ccc(N2C=C(c3ccc(-c4cccnc4)cc3)ON2)cc1. The van der Waals surface area contributed by atoms with Crippen molar-refractivity contribution in [3.63, 3.8) is 0 Å². The second-order valence-corrected chi connectivity index (χ2v) is 5.57. The summed E-state index contributed by atoms with van der Waals surface area (Å²) in [5.41, 5.74) is 7.06. The van der Waals surface area contributed by atoms with Gasteiger partial charge in [-0.05, 0) is 41.5 Å². The van der Waals surface area contributed by atoms with E-state index in [1.807, 2.05) is 65.9 Å².